The Morgan fingerprint density at radius 3 is 3.00 bits per heavy atom. The highest BCUT2D eigenvalue weighted by molar-refractivity contribution is 4.71. The van der Waals surface area contributed by atoms with E-state index in [4.69, 9.17) is 9.47 Å². The zero-order valence-corrected chi connectivity index (χ0v) is 11.6. The van der Waals surface area contributed by atoms with E-state index in [0.717, 1.165) is 39.5 Å². The zero-order valence-electron chi connectivity index (χ0n) is 11.6. The van der Waals surface area contributed by atoms with E-state index >= 15 is 0 Å². The van der Waals surface area contributed by atoms with Crippen LogP contribution in [0.2, 0.25) is 0 Å². The van der Waals surface area contributed by atoms with Gasteiger partial charge in [-0.3, -0.25) is 0 Å². The number of hydrogen-bond acceptors (Lipinski definition) is 4. The van der Waals surface area contributed by atoms with Gasteiger partial charge >= 0.3 is 0 Å². The highest BCUT2D eigenvalue weighted by Crippen LogP contribution is 2.10. The van der Waals surface area contributed by atoms with Gasteiger partial charge in [0.1, 0.15) is 0 Å². The smallest absolute Gasteiger partial charge is 0.0700 e. The van der Waals surface area contributed by atoms with Crippen LogP contribution in [-0.2, 0) is 9.47 Å². The maximum Gasteiger partial charge on any atom is 0.0700 e. The van der Waals surface area contributed by atoms with Gasteiger partial charge in [0, 0.05) is 38.9 Å². The van der Waals surface area contributed by atoms with E-state index in [-0.39, 0.29) is 0 Å². The molecule has 4 nitrogen and oxygen atoms in total. The molecule has 1 heterocycles. The summed E-state index contributed by atoms with van der Waals surface area (Å²) < 4.78 is 10.9. The van der Waals surface area contributed by atoms with Crippen molar-refractivity contribution in [3.05, 3.63) is 0 Å². The minimum atomic E-state index is 0.441. The molecule has 0 spiro atoms. The fourth-order valence-electron chi connectivity index (χ4n) is 1.99. The first-order valence-corrected chi connectivity index (χ1v) is 6.84. The molecular weight excluding hydrogens is 216 g/mol. The number of likely N-dealkylation sites (N-methyl/N-ethyl adjacent to an activating group) is 1. The molecule has 1 rings (SSSR count). The lowest BCUT2D eigenvalue weighted by atomic mass is 10.2. The summed E-state index contributed by atoms with van der Waals surface area (Å²) in [5, 5.41) is 3.49. The Bertz CT molecular complexity index is 184. The minimum Gasteiger partial charge on any atom is -0.380 e. The second-order valence-electron chi connectivity index (χ2n) is 4.82. The molecule has 1 N–H and O–H groups in total. The van der Waals surface area contributed by atoms with Crippen LogP contribution in [0.3, 0.4) is 0 Å². The zero-order chi connectivity index (χ0) is 12.5. The third-order valence-corrected chi connectivity index (χ3v) is 3.38. The van der Waals surface area contributed by atoms with Gasteiger partial charge in [-0.2, -0.15) is 0 Å². The Hall–Kier alpha value is -0.160. The van der Waals surface area contributed by atoms with Crippen molar-refractivity contribution < 1.29 is 9.47 Å². The molecule has 17 heavy (non-hydrogen) atoms. The summed E-state index contributed by atoms with van der Waals surface area (Å²) >= 11 is 0. The maximum absolute atomic E-state index is 5.58. The number of ether oxygens (including phenoxy) is 2. The van der Waals surface area contributed by atoms with Gasteiger partial charge in [-0.15, -0.1) is 0 Å². The standard InChI is InChI=1S/C13H28N2O2/c1-4-16-9-7-15(3)12(2)10-14-11-13-6-5-8-17-13/h12-14H,4-11H2,1-3H3. The Balaban J connectivity index is 2.00. The highest BCUT2D eigenvalue weighted by Gasteiger charge is 2.15. The third-order valence-electron chi connectivity index (χ3n) is 3.38. The van der Waals surface area contributed by atoms with Crippen molar-refractivity contribution >= 4 is 0 Å². The molecule has 0 saturated carbocycles. The topological polar surface area (TPSA) is 33.7 Å². The van der Waals surface area contributed by atoms with Crippen LogP contribution in [0.25, 0.3) is 0 Å². The molecule has 0 bridgehead atoms. The van der Waals surface area contributed by atoms with Gasteiger partial charge in [-0.05, 0) is 33.7 Å². The van der Waals surface area contributed by atoms with Crippen molar-refractivity contribution in [1.29, 1.82) is 0 Å². The van der Waals surface area contributed by atoms with E-state index in [1.807, 2.05) is 6.92 Å². The van der Waals surface area contributed by atoms with E-state index < -0.39 is 0 Å². The average molecular weight is 244 g/mol. The molecule has 0 aliphatic carbocycles. The van der Waals surface area contributed by atoms with Crippen LogP contribution in [0.1, 0.15) is 26.7 Å². The van der Waals surface area contributed by atoms with E-state index in [2.05, 4.69) is 24.2 Å². The van der Waals surface area contributed by atoms with E-state index in [0.29, 0.717) is 12.1 Å². The predicted molar refractivity (Wildman–Crippen MR) is 70.4 cm³/mol. The van der Waals surface area contributed by atoms with Gasteiger partial charge in [0.15, 0.2) is 0 Å². The lowest BCUT2D eigenvalue weighted by Crippen LogP contribution is -2.41. The van der Waals surface area contributed by atoms with E-state index in [1.165, 1.54) is 12.8 Å². The molecule has 1 saturated heterocycles. The van der Waals surface area contributed by atoms with Gasteiger partial charge in [-0.25, -0.2) is 0 Å². The van der Waals surface area contributed by atoms with E-state index in [9.17, 15) is 0 Å². The molecular formula is C13H28N2O2. The molecule has 0 aromatic carbocycles. The predicted octanol–water partition coefficient (Wildman–Crippen LogP) is 1.11. The number of nitrogens with zero attached hydrogens (tertiary/aromatic N) is 1. The van der Waals surface area contributed by atoms with Crippen LogP contribution >= 0.6 is 0 Å². The molecule has 0 radical (unpaired) electrons. The SMILES string of the molecule is CCOCCN(C)C(C)CNCC1CCCO1. The normalized spacial score (nSPS) is 22.2. The Kier molecular flexibility index (Phi) is 7.77. The second kappa shape index (κ2) is 8.86. The van der Waals surface area contributed by atoms with Gasteiger partial charge in [0.25, 0.3) is 0 Å². The molecule has 0 amide bonds. The summed E-state index contributed by atoms with van der Waals surface area (Å²) in [5.74, 6) is 0. The van der Waals surface area contributed by atoms with Crippen molar-refractivity contribution in [3.63, 3.8) is 0 Å². The monoisotopic (exact) mass is 244 g/mol. The Morgan fingerprint density at radius 1 is 1.53 bits per heavy atom. The number of rotatable bonds is 9. The van der Waals surface area contributed by atoms with Crippen molar-refractivity contribution in [2.45, 2.75) is 38.8 Å². The summed E-state index contributed by atoms with van der Waals surface area (Å²) in [7, 11) is 2.15. The quantitative estimate of drug-likeness (QED) is 0.616. The fourth-order valence-corrected chi connectivity index (χ4v) is 1.99. The fraction of sp³-hybridized carbons (Fsp3) is 1.00. The lowest BCUT2D eigenvalue weighted by Gasteiger charge is -2.25. The van der Waals surface area contributed by atoms with Gasteiger partial charge in [0.2, 0.25) is 0 Å². The first-order valence-electron chi connectivity index (χ1n) is 6.84. The van der Waals surface area contributed by atoms with Crippen LogP contribution in [0, 0.1) is 0 Å². The van der Waals surface area contributed by atoms with Crippen LogP contribution in [0.4, 0.5) is 0 Å². The molecule has 4 heteroatoms. The third kappa shape index (κ3) is 6.36. The molecule has 1 aliphatic rings. The van der Waals surface area contributed by atoms with Crippen molar-refractivity contribution in [2.24, 2.45) is 0 Å². The summed E-state index contributed by atoms with van der Waals surface area (Å²) in [4.78, 5) is 2.33. The number of nitrogens with one attached hydrogen (secondary N) is 1. The minimum absolute atomic E-state index is 0.441. The van der Waals surface area contributed by atoms with Gasteiger partial charge in [0.05, 0.1) is 12.7 Å². The lowest BCUT2D eigenvalue weighted by molar-refractivity contribution is 0.0998. The maximum atomic E-state index is 5.58. The second-order valence-corrected chi connectivity index (χ2v) is 4.82. The van der Waals surface area contributed by atoms with Gasteiger partial charge < -0.3 is 19.7 Å². The van der Waals surface area contributed by atoms with Crippen LogP contribution in [0.5, 0.6) is 0 Å². The summed E-state index contributed by atoms with van der Waals surface area (Å²) in [6, 6.07) is 0.539. The first-order chi connectivity index (χ1) is 8.24. The molecule has 102 valence electrons. The van der Waals surface area contributed by atoms with Crippen LogP contribution in [-0.4, -0.2) is 63.5 Å². The van der Waals surface area contributed by atoms with Crippen LogP contribution < -0.4 is 5.32 Å². The van der Waals surface area contributed by atoms with Gasteiger partial charge in [-0.1, -0.05) is 0 Å². The Morgan fingerprint density at radius 2 is 2.35 bits per heavy atom. The van der Waals surface area contributed by atoms with E-state index in [1.54, 1.807) is 0 Å². The summed E-state index contributed by atoms with van der Waals surface area (Å²) in [6.07, 6.45) is 2.87. The highest BCUT2D eigenvalue weighted by atomic mass is 16.5. The molecule has 2 unspecified atom stereocenters. The van der Waals surface area contributed by atoms with Crippen molar-refractivity contribution in [1.82, 2.24) is 10.2 Å². The average Bonchev–Trinajstić information content (AvgIpc) is 2.82. The van der Waals surface area contributed by atoms with Crippen molar-refractivity contribution in [3.8, 4) is 0 Å². The van der Waals surface area contributed by atoms with Crippen LogP contribution in [0.15, 0.2) is 0 Å². The molecule has 1 aliphatic heterocycles. The molecule has 0 aromatic heterocycles. The first kappa shape index (κ1) is 14.9. The molecule has 0 aromatic rings. The number of hydrogen-bond donors (Lipinski definition) is 1. The summed E-state index contributed by atoms with van der Waals surface area (Å²) in [6.45, 7) is 9.85. The Labute approximate surface area is 106 Å². The van der Waals surface area contributed by atoms with Crippen molar-refractivity contribution in [2.75, 3.05) is 46.5 Å². The molecule has 1 fully saturated rings. The summed E-state index contributed by atoms with van der Waals surface area (Å²) in [5.41, 5.74) is 0. The largest absolute Gasteiger partial charge is 0.380 e. The molecule has 2 atom stereocenters.